The Morgan fingerprint density at radius 3 is 2.76 bits per heavy atom. The number of nitrogens with one attached hydrogen (secondary N) is 1. The first-order valence-corrected chi connectivity index (χ1v) is 12.4. The summed E-state index contributed by atoms with van der Waals surface area (Å²) in [5, 5.41) is 4.17. The van der Waals surface area contributed by atoms with Crippen molar-refractivity contribution in [3.63, 3.8) is 0 Å². The normalized spacial score (nSPS) is 17.3. The standard InChI is InChI=1S/C23H27IN2O2S/c1-28-19-12-11-15(13-18(19)24)14-25-23-21(17-9-5-6-10-20(17)29-23)22(27)26-16-7-3-2-4-8-16/h11-14,16H,2-10H2,1H3,(H,26,27)/b25-14-. The molecule has 1 aromatic carbocycles. The first kappa shape index (κ1) is 20.8. The van der Waals surface area contributed by atoms with Gasteiger partial charge in [0.15, 0.2) is 0 Å². The molecule has 2 aliphatic carbocycles. The number of amides is 1. The Morgan fingerprint density at radius 2 is 2.00 bits per heavy atom. The van der Waals surface area contributed by atoms with Crippen molar-refractivity contribution in [2.75, 3.05) is 7.11 Å². The van der Waals surface area contributed by atoms with Crippen molar-refractivity contribution in [1.82, 2.24) is 5.32 Å². The minimum absolute atomic E-state index is 0.0766. The van der Waals surface area contributed by atoms with Crippen LogP contribution in [0.15, 0.2) is 23.2 Å². The number of methoxy groups -OCH3 is 1. The zero-order valence-electron chi connectivity index (χ0n) is 16.8. The van der Waals surface area contributed by atoms with Crippen LogP contribution in [0.1, 0.15) is 71.3 Å². The van der Waals surface area contributed by atoms with E-state index in [9.17, 15) is 4.79 Å². The number of hydrogen-bond acceptors (Lipinski definition) is 4. The second kappa shape index (κ2) is 9.60. The third-order valence-electron chi connectivity index (χ3n) is 5.83. The van der Waals surface area contributed by atoms with E-state index >= 15 is 0 Å². The highest BCUT2D eigenvalue weighted by molar-refractivity contribution is 14.1. The maximum Gasteiger partial charge on any atom is 0.254 e. The smallest absolute Gasteiger partial charge is 0.254 e. The number of aryl methyl sites for hydroxylation is 1. The number of fused-ring (bicyclic) bond motifs is 1. The number of ether oxygens (including phenoxy) is 1. The summed E-state index contributed by atoms with van der Waals surface area (Å²) in [6.45, 7) is 0. The molecule has 0 spiro atoms. The van der Waals surface area contributed by atoms with Crippen LogP contribution in [0.5, 0.6) is 5.75 Å². The molecule has 1 aromatic heterocycles. The number of halogens is 1. The van der Waals surface area contributed by atoms with Gasteiger partial charge < -0.3 is 10.1 Å². The lowest BCUT2D eigenvalue weighted by atomic mass is 9.93. The van der Waals surface area contributed by atoms with Crippen molar-refractivity contribution in [2.45, 2.75) is 63.8 Å². The van der Waals surface area contributed by atoms with Gasteiger partial charge in [0.25, 0.3) is 5.91 Å². The Balaban J connectivity index is 1.61. The van der Waals surface area contributed by atoms with Crippen molar-refractivity contribution in [3.05, 3.63) is 43.3 Å². The zero-order chi connectivity index (χ0) is 20.2. The van der Waals surface area contributed by atoms with Crippen molar-refractivity contribution in [3.8, 4) is 5.75 Å². The van der Waals surface area contributed by atoms with E-state index in [1.165, 1.54) is 36.1 Å². The number of rotatable bonds is 5. The van der Waals surface area contributed by atoms with Crippen LogP contribution in [0.4, 0.5) is 5.00 Å². The summed E-state index contributed by atoms with van der Waals surface area (Å²) >= 11 is 3.97. The second-order valence-corrected chi connectivity index (χ2v) is 10.1. The molecular weight excluding hydrogens is 495 g/mol. The lowest BCUT2D eigenvalue weighted by molar-refractivity contribution is 0.0927. The van der Waals surface area contributed by atoms with Gasteiger partial charge in [-0.1, -0.05) is 19.3 Å². The van der Waals surface area contributed by atoms with Gasteiger partial charge in [-0.3, -0.25) is 4.79 Å². The number of benzene rings is 1. The SMILES string of the molecule is COc1ccc(/C=N\c2sc3c(c2C(=O)NC2CCCCC2)CCCC3)cc1I. The van der Waals surface area contributed by atoms with Gasteiger partial charge in [-0.2, -0.15) is 0 Å². The van der Waals surface area contributed by atoms with Gasteiger partial charge in [-0.25, -0.2) is 4.99 Å². The first-order chi connectivity index (χ1) is 14.2. The Labute approximate surface area is 190 Å². The Bertz CT molecular complexity index is 916. The molecule has 0 saturated heterocycles. The number of thiophene rings is 1. The summed E-state index contributed by atoms with van der Waals surface area (Å²) in [7, 11) is 1.68. The van der Waals surface area contributed by atoms with E-state index in [1.807, 2.05) is 18.3 Å². The summed E-state index contributed by atoms with van der Waals surface area (Å²) in [5.74, 6) is 0.939. The minimum atomic E-state index is 0.0766. The number of carbonyl (C=O) groups excluding carboxylic acids is 1. The van der Waals surface area contributed by atoms with Crippen LogP contribution in [-0.4, -0.2) is 25.3 Å². The number of carbonyl (C=O) groups is 1. The molecule has 0 aliphatic heterocycles. The fraction of sp³-hybridized carbons (Fsp3) is 0.478. The molecule has 1 amide bonds. The Kier molecular flexibility index (Phi) is 6.90. The van der Waals surface area contributed by atoms with Crippen molar-refractivity contribution in [1.29, 1.82) is 0 Å². The highest BCUT2D eigenvalue weighted by atomic mass is 127. The third-order valence-corrected chi connectivity index (χ3v) is 7.87. The largest absolute Gasteiger partial charge is 0.496 e. The molecule has 1 fully saturated rings. The first-order valence-electron chi connectivity index (χ1n) is 10.5. The number of nitrogens with zero attached hydrogens (tertiary/aromatic N) is 1. The lowest BCUT2D eigenvalue weighted by Gasteiger charge is -2.23. The molecular formula is C23H27IN2O2S. The fourth-order valence-corrected chi connectivity index (χ4v) is 6.27. The molecule has 154 valence electrons. The number of aliphatic imine (C=N–C) groups is 1. The van der Waals surface area contributed by atoms with Gasteiger partial charge in [0.05, 0.1) is 16.2 Å². The number of hydrogen-bond donors (Lipinski definition) is 1. The Hall–Kier alpha value is -1.41. The van der Waals surface area contributed by atoms with E-state index in [2.05, 4.69) is 34.0 Å². The van der Waals surface area contributed by atoms with Crippen LogP contribution in [0.2, 0.25) is 0 Å². The molecule has 1 heterocycles. The van der Waals surface area contributed by atoms with E-state index in [1.54, 1.807) is 18.4 Å². The van der Waals surface area contributed by atoms with Gasteiger partial charge in [0.1, 0.15) is 10.8 Å². The molecule has 4 rings (SSSR count). The van der Waals surface area contributed by atoms with Crippen LogP contribution in [0, 0.1) is 3.57 Å². The van der Waals surface area contributed by atoms with Crippen molar-refractivity contribution in [2.24, 2.45) is 4.99 Å². The summed E-state index contributed by atoms with van der Waals surface area (Å²) in [6.07, 6.45) is 12.2. The van der Waals surface area contributed by atoms with Gasteiger partial charge >= 0.3 is 0 Å². The average molecular weight is 522 g/mol. The van der Waals surface area contributed by atoms with Crippen LogP contribution in [0.3, 0.4) is 0 Å². The molecule has 0 unspecified atom stereocenters. The summed E-state index contributed by atoms with van der Waals surface area (Å²) in [6, 6.07) is 6.33. The average Bonchev–Trinajstić information content (AvgIpc) is 3.11. The van der Waals surface area contributed by atoms with Crippen LogP contribution >= 0.6 is 33.9 Å². The maximum atomic E-state index is 13.2. The molecule has 0 radical (unpaired) electrons. The van der Waals surface area contributed by atoms with E-state index in [-0.39, 0.29) is 5.91 Å². The van der Waals surface area contributed by atoms with E-state index < -0.39 is 0 Å². The molecule has 4 nitrogen and oxygen atoms in total. The van der Waals surface area contributed by atoms with Crippen molar-refractivity contribution >= 4 is 51.1 Å². The maximum absolute atomic E-state index is 13.2. The molecule has 1 saturated carbocycles. The Morgan fingerprint density at radius 1 is 1.21 bits per heavy atom. The van der Waals surface area contributed by atoms with Gasteiger partial charge in [0, 0.05) is 17.1 Å². The van der Waals surface area contributed by atoms with Gasteiger partial charge in [-0.05, 0) is 90.4 Å². The van der Waals surface area contributed by atoms with Crippen LogP contribution in [0.25, 0.3) is 0 Å². The van der Waals surface area contributed by atoms with E-state index in [0.29, 0.717) is 6.04 Å². The second-order valence-electron chi connectivity index (χ2n) is 7.85. The third kappa shape index (κ3) is 4.85. The highest BCUT2D eigenvalue weighted by Gasteiger charge is 2.27. The quantitative estimate of drug-likeness (QED) is 0.384. The monoisotopic (exact) mass is 522 g/mol. The molecule has 2 aliphatic rings. The van der Waals surface area contributed by atoms with Gasteiger partial charge in [-0.15, -0.1) is 11.3 Å². The molecule has 0 bridgehead atoms. The highest BCUT2D eigenvalue weighted by Crippen LogP contribution is 2.40. The summed E-state index contributed by atoms with van der Waals surface area (Å²) in [5.41, 5.74) is 3.08. The summed E-state index contributed by atoms with van der Waals surface area (Å²) in [4.78, 5) is 19.3. The molecule has 6 heteroatoms. The molecule has 29 heavy (non-hydrogen) atoms. The predicted octanol–water partition coefficient (Wildman–Crippen LogP) is 6.05. The van der Waals surface area contributed by atoms with Gasteiger partial charge in [0.2, 0.25) is 0 Å². The predicted molar refractivity (Wildman–Crippen MR) is 128 cm³/mol. The molecule has 1 N–H and O–H groups in total. The fourth-order valence-electron chi connectivity index (χ4n) is 4.28. The lowest BCUT2D eigenvalue weighted by Crippen LogP contribution is -2.36. The van der Waals surface area contributed by atoms with E-state index in [4.69, 9.17) is 9.73 Å². The zero-order valence-corrected chi connectivity index (χ0v) is 19.8. The minimum Gasteiger partial charge on any atom is -0.496 e. The van der Waals surface area contributed by atoms with Crippen LogP contribution in [-0.2, 0) is 12.8 Å². The van der Waals surface area contributed by atoms with Crippen LogP contribution < -0.4 is 10.1 Å². The molecule has 2 aromatic rings. The van der Waals surface area contributed by atoms with Crippen molar-refractivity contribution < 1.29 is 9.53 Å². The summed E-state index contributed by atoms with van der Waals surface area (Å²) < 4.78 is 6.39. The van der Waals surface area contributed by atoms with E-state index in [0.717, 1.165) is 57.6 Å². The molecule has 0 atom stereocenters. The topological polar surface area (TPSA) is 50.7 Å².